The van der Waals surface area contributed by atoms with Crippen molar-refractivity contribution < 1.29 is 19.0 Å². The maximum atomic E-state index is 13.1. The molecule has 4 atom stereocenters. The molecule has 0 amide bonds. The van der Waals surface area contributed by atoms with E-state index in [2.05, 4.69) is 24.8 Å². The number of halogens is 1. The molecule has 154 valence electrons. The van der Waals surface area contributed by atoms with Gasteiger partial charge in [-0.05, 0) is 53.4 Å². The van der Waals surface area contributed by atoms with Crippen LogP contribution in [-0.2, 0) is 9.47 Å². The summed E-state index contributed by atoms with van der Waals surface area (Å²) in [5.74, 6) is 1.25. The van der Waals surface area contributed by atoms with Crippen LogP contribution in [0.2, 0.25) is 0 Å². The third kappa shape index (κ3) is 4.18. The van der Waals surface area contributed by atoms with Crippen molar-refractivity contribution in [2.45, 2.75) is 38.9 Å². The molecule has 1 aliphatic heterocycles. The highest BCUT2D eigenvalue weighted by Gasteiger charge is 2.50. The molecule has 4 nitrogen and oxygen atoms in total. The first-order valence-electron chi connectivity index (χ1n) is 10.5. The molecule has 1 saturated heterocycles. The highest BCUT2D eigenvalue weighted by molar-refractivity contribution is 5.23. The number of fused-ring (bicyclic) bond motifs is 1. The lowest BCUT2D eigenvalue weighted by Crippen LogP contribution is -2.48. The van der Waals surface area contributed by atoms with Gasteiger partial charge in [-0.3, -0.25) is 4.90 Å². The molecule has 1 heterocycles. The largest absolute Gasteiger partial charge is 0.389 e. The Labute approximate surface area is 167 Å². The van der Waals surface area contributed by atoms with Gasteiger partial charge in [0.2, 0.25) is 0 Å². The van der Waals surface area contributed by atoms with Gasteiger partial charge in [0.05, 0.1) is 32.0 Å². The van der Waals surface area contributed by atoms with Crippen molar-refractivity contribution in [3.05, 3.63) is 47.3 Å². The summed E-state index contributed by atoms with van der Waals surface area (Å²) >= 11 is 0. The van der Waals surface area contributed by atoms with Crippen molar-refractivity contribution >= 4 is 0 Å². The van der Waals surface area contributed by atoms with E-state index in [4.69, 9.17) is 9.47 Å². The van der Waals surface area contributed by atoms with Crippen LogP contribution in [0.15, 0.2) is 35.9 Å². The number of aliphatic hydroxyl groups is 1. The molecule has 3 aliphatic carbocycles. The fraction of sp³-hybridized carbons (Fsp3) is 0.652. The van der Waals surface area contributed by atoms with E-state index in [1.54, 1.807) is 12.1 Å². The topological polar surface area (TPSA) is 41.9 Å². The molecular formula is C23H32FNO3. The number of rotatable bonds is 7. The average Bonchev–Trinajstić information content (AvgIpc) is 2.68. The van der Waals surface area contributed by atoms with Crippen LogP contribution in [-0.4, -0.2) is 55.6 Å². The van der Waals surface area contributed by atoms with Gasteiger partial charge < -0.3 is 14.6 Å². The average molecular weight is 390 g/mol. The Morgan fingerprint density at radius 1 is 1.32 bits per heavy atom. The summed E-state index contributed by atoms with van der Waals surface area (Å²) in [6.45, 7) is 8.39. The Morgan fingerprint density at radius 2 is 2.11 bits per heavy atom. The van der Waals surface area contributed by atoms with E-state index in [1.165, 1.54) is 30.5 Å². The first-order chi connectivity index (χ1) is 13.4. The second-order valence-electron chi connectivity index (χ2n) is 9.16. The van der Waals surface area contributed by atoms with Gasteiger partial charge in [-0.25, -0.2) is 4.39 Å². The lowest BCUT2D eigenvalue weighted by atomic mass is 9.49. The molecule has 2 fully saturated rings. The molecule has 0 aromatic heterocycles. The number of allylic oxidation sites excluding steroid dienone is 1. The molecule has 0 unspecified atom stereocenters. The molecule has 5 heteroatoms. The summed E-state index contributed by atoms with van der Waals surface area (Å²) in [5.41, 5.74) is 2.81. The van der Waals surface area contributed by atoms with Crippen LogP contribution < -0.4 is 0 Å². The van der Waals surface area contributed by atoms with Crippen LogP contribution in [0.4, 0.5) is 4.39 Å². The second-order valence-corrected chi connectivity index (χ2v) is 9.16. The summed E-state index contributed by atoms with van der Waals surface area (Å²) in [5, 5.41) is 10.4. The summed E-state index contributed by atoms with van der Waals surface area (Å²) in [6.07, 6.45) is 4.22. The fourth-order valence-electron chi connectivity index (χ4n) is 5.05. The molecule has 0 radical (unpaired) electrons. The number of hydrogen-bond donors (Lipinski definition) is 1. The van der Waals surface area contributed by atoms with Crippen molar-refractivity contribution in [3.8, 4) is 0 Å². The van der Waals surface area contributed by atoms with Crippen LogP contribution in [0.5, 0.6) is 0 Å². The zero-order valence-corrected chi connectivity index (χ0v) is 16.9. The van der Waals surface area contributed by atoms with Gasteiger partial charge in [0, 0.05) is 19.6 Å². The summed E-state index contributed by atoms with van der Waals surface area (Å²) in [6, 6.07) is 6.47. The van der Waals surface area contributed by atoms with Gasteiger partial charge in [0.15, 0.2) is 0 Å². The predicted octanol–water partition coefficient (Wildman–Crippen LogP) is 3.57. The minimum Gasteiger partial charge on any atom is -0.389 e. The molecule has 5 rings (SSSR count). The summed E-state index contributed by atoms with van der Waals surface area (Å²) < 4.78 is 24.8. The van der Waals surface area contributed by atoms with Gasteiger partial charge in [0.25, 0.3) is 0 Å². The Bertz CT molecular complexity index is 702. The Morgan fingerprint density at radius 3 is 2.82 bits per heavy atom. The number of aliphatic hydroxyl groups excluding tert-OH is 1. The third-order valence-corrected chi connectivity index (χ3v) is 7.02. The van der Waals surface area contributed by atoms with Crippen LogP contribution >= 0.6 is 0 Å². The summed E-state index contributed by atoms with van der Waals surface area (Å²) in [7, 11) is 0. The highest BCUT2D eigenvalue weighted by atomic mass is 19.1. The molecule has 1 N–H and O–H groups in total. The molecule has 1 saturated carbocycles. The number of β-amino-alcohol motifs (C(OH)–C–C–N with tert-alkyl or cyclic N) is 1. The SMILES string of the molecule is CC1(C)[C@H]2CC=C(COC[C@H](O)CN3CCO[C@H](c4ccc(F)cc4)C3)[C@H]1C2. The van der Waals surface area contributed by atoms with Gasteiger partial charge in [0.1, 0.15) is 5.82 Å². The smallest absolute Gasteiger partial charge is 0.123 e. The van der Waals surface area contributed by atoms with Crippen molar-refractivity contribution in [1.29, 1.82) is 0 Å². The molecule has 28 heavy (non-hydrogen) atoms. The van der Waals surface area contributed by atoms with E-state index < -0.39 is 6.10 Å². The highest BCUT2D eigenvalue weighted by Crippen LogP contribution is 2.59. The Kier molecular flexibility index (Phi) is 5.88. The number of ether oxygens (including phenoxy) is 2. The van der Waals surface area contributed by atoms with Gasteiger partial charge in [-0.2, -0.15) is 0 Å². The van der Waals surface area contributed by atoms with Crippen LogP contribution in [0.3, 0.4) is 0 Å². The Hall–Kier alpha value is -1.27. The lowest BCUT2D eigenvalue weighted by molar-refractivity contribution is -0.0545. The van der Waals surface area contributed by atoms with E-state index in [0.717, 1.165) is 18.0 Å². The van der Waals surface area contributed by atoms with Crippen LogP contribution in [0, 0.1) is 23.1 Å². The summed E-state index contributed by atoms with van der Waals surface area (Å²) in [4.78, 5) is 2.20. The quantitative estimate of drug-likeness (QED) is 0.724. The first kappa shape index (κ1) is 20.0. The second kappa shape index (κ2) is 8.23. The number of hydrogen-bond acceptors (Lipinski definition) is 4. The standard InChI is InChI=1S/C23H32FNO3/c1-23(2)18-6-3-17(21(23)11-18)14-27-15-20(26)12-25-9-10-28-22(13-25)16-4-7-19(24)8-5-16/h3-5,7-8,18,20-22,26H,6,9-15H2,1-2H3/t18-,20+,21+,22-/m0/s1. The van der Waals surface area contributed by atoms with E-state index in [9.17, 15) is 9.50 Å². The maximum absolute atomic E-state index is 13.1. The van der Waals surface area contributed by atoms with Gasteiger partial charge in [-0.1, -0.05) is 32.1 Å². The van der Waals surface area contributed by atoms with Crippen molar-refractivity contribution in [2.24, 2.45) is 17.3 Å². The molecule has 1 aromatic rings. The minimum atomic E-state index is -0.515. The van der Waals surface area contributed by atoms with Gasteiger partial charge >= 0.3 is 0 Å². The lowest BCUT2D eigenvalue weighted by Gasteiger charge is -2.56. The molecule has 1 aromatic carbocycles. The first-order valence-corrected chi connectivity index (χ1v) is 10.5. The fourth-order valence-corrected chi connectivity index (χ4v) is 5.05. The van der Waals surface area contributed by atoms with Crippen LogP contribution in [0.1, 0.15) is 38.4 Å². The van der Waals surface area contributed by atoms with Crippen molar-refractivity contribution in [3.63, 3.8) is 0 Å². The van der Waals surface area contributed by atoms with E-state index in [1.807, 2.05) is 0 Å². The van der Waals surface area contributed by atoms with E-state index in [-0.39, 0.29) is 11.9 Å². The zero-order chi connectivity index (χ0) is 19.7. The molecular weight excluding hydrogens is 357 g/mol. The molecule has 2 bridgehead atoms. The Balaban J connectivity index is 1.21. The van der Waals surface area contributed by atoms with E-state index in [0.29, 0.717) is 44.2 Å². The van der Waals surface area contributed by atoms with Gasteiger partial charge in [-0.15, -0.1) is 0 Å². The monoisotopic (exact) mass is 389 g/mol. The van der Waals surface area contributed by atoms with Crippen molar-refractivity contribution in [2.75, 3.05) is 39.5 Å². The number of nitrogens with zero attached hydrogens (tertiary/aromatic N) is 1. The minimum absolute atomic E-state index is 0.0799. The molecule has 0 spiro atoms. The van der Waals surface area contributed by atoms with Crippen molar-refractivity contribution in [1.82, 2.24) is 4.90 Å². The third-order valence-electron chi connectivity index (χ3n) is 7.02. The van der Waals surface area contributed by atoms with E-state index >= 15 is 0 Å². The molecule has 4 aliphatic rings. The predicted molar refractivity (Wildman–Crippen MR) is 106 cm³/mol. The number of benzene rings is 1. The maximum Gasteiger partial charge on any atom is 0.123 e. The number of morpholine rings is 1. The van der Waals surface area contributed by atoms with Crippen LogP contribution in [0.25, 0.3) is 0 Å². The normalized spacial score (nSPS) is 30.4. The zero-order valence-electron chi connectivity index (χ0n) is 16.9.